The maximum atomic E-state index is 12.1. The van der Waals surface area contributed by atoms with Gasteiger partial charge in [0.05, 0.1) is 0 Å². The first-order chi connectivity index (χ1) is 8.54. The predicted molar refractivity (Wildman–Crippen MR) is 53.9 cm³/mol. The van der Waals surface area contributed by atoms with E-state index >= 15 is 0 Å². The Balaban J connectivity index is 1.74. The summed E-state index contributed by atoms with van der Waals surface area (Å²) in [6.45, 7) is 0. The predicted octanol–water partition coefficient (Wildman–Crippen LogP) is -0.515. The molecule has 10 atom stereocenters. The fourth-order valence-corrected chi connectivity index (χ4v) is 7.57. The summed E-state index contributed by atoms with van der Waals surface area (Å²) in [6.07, 6.45) is 1.01. The Labute approximate surface area is 102 Å². The van der Waals surface area contributed by atoms with Crippen LogP contribution in [0.3, 0.4) is 0 Å². The minimum Gasteiger partial charge on any atom is -0.478 e. The maximum absolute atomic E-state index is 12.1. The van der Waals surface area contributed by atoms with Crippen molar-refractivity contribution in [2.24, 2.45) is 47.3 Å². The van der Waals surface area contributed by atoms with Gasteiger partial charge in [-0.25, -0.2) is 9.59 Å². The van der Waals surface area contributed by atoms with Gasteiger partial charge in [-0.05, 0) is 30.1 Å². The fraction of sp³-hybridized carbons (Fsp3) is 0.846. The lowest BCUT2D eigenvalue weighted by molar-refractivity contribution is -0.282. The molecule has 0 radical (unpaired) electrons. The average Bonchev–Trinajstić information content (AvgIpc) is 2.78. The van der Waals surface area contributed by atoms with Crippen molar-refractivity contribution >= 4 is 11.9 Å². The molecule has 0 aromatic heterocycles. The normalized spacial score (nSPS) is 75.1. The molecule has 0 unspecified atom stereocenters. The molecule has 0 aromatic carbocycles. The van der Waals surface area contributed by atoms with Gasteiger partial charge in [-0.3, -0.25) is 0 Å². The molecule has 4 bridgehead atoms. The molecule has 7 aliphatic rings. The minimum atomic E-state index is -1.34. The highest BCUT2D eigenvalue weighted by atomic mass is 16.6. The van der Waals surface area contributed by atoms with Crippen LogP contribution in [0.15, 0.2) is 0 Å². The van der Waals surface area contributed by atoms with Gasteiger partial charge in [0.25, 0.3) is 0 Å². The second-order valence-corrected chi connectivity index (χ2v) is 7.13. The second-order valence-electron chi connectivity index (χ2n) is 7.13. The van der Waals surface area contributed by atoms with Gasteiger partial charge in [-0.2, -0.15) is 0 Å². The summed E-state index contributed by atoms with van der Waals surface area (Å²) in [5.74, 6) is -0.552. The van der Waals surface area contributed by atoms with Crippen LogP contribution < -0.4 is 0 Å². The molecule has 5 saturated carbocycles. The highest BCUT2D eigenvalue weighted by Gasteiger charge is 2.97. The summed E-state index contributed by atoms with van der Waals surface area (Å²) in [6, 6.07) is 0. The van der Waals surface area contributed by atoms with Gasteiger partial charge in [0.1, 0.15) is 0 Å². The molecular formula is C13H12O5. The number of hydrogen-bond acceptors (Lipinski definition) is 4. The number of carboxylic acids is 1. The Hall–Kier alpha value is -1.10. The molecule has 18 heavy (non-hydrogen) atoms. The third-order valence-corrected chi connectivity index (χ3v) is 7.43. The van der Waals surface area contributed by atoms with Crippen LogP contribution in [0, 0.1) is 47.3 Å². The zero-order valence-electron chi connectivity index (χ0n) is 9.45. The van der Waals surface area contributed by atoms with Crippen molar-refractivity contribution < 1.29 is 24.5 Å². The van der Waals surface area contributed by atoms with Gasteiger partial charge in [0, 0.05) is 23.7 Å². The lowest BCUT2D eigenvalue weighted by Gasteiger charge is -2.60. The summed E-state index contributed by atoms with van der Waals surface area (Å²) >= 11 is 0. The third kappa shape index (κ3) is 0.451. The lowest BCUT2D eigenvalue weighted by Crippen LogP contribution is -2.76. The lowest BCUT2D eigenvalue weighted by atomic mass is 9.50. The molecule has 2 saturated heterocycles. The summed E-state index contributed by atoms with van der Waals surface area (Å²) in [5.41, 5.74) is -2.63. The molecule has 94 valence electrons. The number of aliphatic carboxylic acids is 1. The zero-order valence-corrected chi connectivity index (χ0v) is 9.45. The number of ether oxygens (including phenoxy) is 1. The molecule has 5 heteroatoms. The van der Waals surface area contributed by atoms with Crippen LogP contribution in [0.25, 0.3) is 0 Å². The minimum absolute atomic E-state index is 0.110. The molecule has 0 aromatic rings. The van der Waals surface area contributed by atoms with E-state index < -0.39 is 23.1 Å². The number of hydrogen-bond donors (Lipinski definition) is 2. The first-order valence-electron chi connectivity index (χ1n) is 6.73. The van der Waals surface area contributed by atoms with Crippen molar-refractivity contribution in [3.05, 3.63) is 0 Å². The summed E-state index contributed by atoms with van der Waals surface area (Å²) in [7, 11) is 0. The van der Waals surface area contributed by atoms with Crippen LogP contribution in [-0.2, 0) is 14.3 Å². The number of carboxylic acid groups (broad SMARTS) is 1. The number of aliphatic hydroxyl groups is 1. The van der Waals surface area contributed by atoms with E-state index in [0.717, 1.165) is 6.42 Å². The molecule has 2 aliphatic heterocycles. The maximum Gasteiger partial charge on any atom is 0.348 e. The highest BCUT2D eigenvalue weighted by molar-refractivity contribution is 5.93. The number of esters is 1. The summed E-state index contributed by atoms with van der Waals surface area (Å²) in [5, 5.41) is 20.5. The number of rotatable bonds is 1. The molecule has 7 rings (SSSR count). The monoisotopic (exact) mass is 248 g/mol. The van der Waals surface area contributed by atoms with Crippen molar-refractivity contribution in [3.8, 4) is 0 Å². The van der Waals surface area contributed by atoms with E-state index in [-0.39, 0.29) is 23.7 Å². The smallest absolute Gasteiger partial charge is 0.348 e. The molecule has 7 fully saturated rings. The Morgan fingerprint density at radius 1 is 1.17 bits per heavy atom. The fourth-order valence-electron chi connectivity index (χ4n) is 7.57. The van der Waals surface area contributed by atoms with E-state index in [1.807, 2.05) is 0 Å². The first-order valence-corrected chi connectivity index (χ1v) is 6.73. The van der Waals surface area contributed by atoms with E-state index in [0.29, 0.717) is 23.7 Å². The average molecular weight is 248 g/mol. The Kier molecular flexibility index (Phi) is 0.949. The molecule has 2 N–H and O–H groups in total. The van der Waals surface area contributed by atoms with E-state index in [4.69, 9.17) is 4.74 Å². The van der Waals surface area contributed by atoms with Crippen LogP contribution in [-0.4, -0.2) is 33.4 Å². The Morgan fingerprint density at radius 3 is 2.56 bits per heavy atom. The van der Waals surface area contributed by atoms with Crippen LogP contribution in [0.1, 0.15) is 6.42 Å². The van der Waals surface area contributed by atoms with Gasteiger partial charge in [-0.1, -0.05) is 0 Å². The van der Waals surface area contributed by atoms with E-state index in [9.17, 15) is 19.8 Å². The number of carbonyl (C=O) groups excluding carboxylic acids is 1. The van der Waals surface area contributed by atoms with Gasteiger partial charge in [-0.15, -0.1) is 0 Å². The second kappa shape index (κ2) is 1.92. The van der Waals surface area contributed by atoms with Gasteiger partial charge in [0.2, 0.25) is 5.60 Å². The van der Waals surface area contributed by atoms with Crippen LogP contribution in [0.5, 0.6) is 0 Å². The van der Waals surface area contributed by atoms with Crippen molar-refractivity contribution in [1.82, 2.24) is 0 Å². The number of fused-ring (bicyclic) bond motifs is 1. The third-order valence-electron chi connectivity index (χ3n) is 7.43. The standard InChI is InChI=1S/C13H12O5/c14-10(15)13-7-3-1-2-4-5(3)9(13)8(4)12(17,6(2)7)11(16)18-13/h2-9,17H,1H2,(H,14,15)/t2-,3-,4+,5+,6+,7+,8+,9+,12-,13-/m0/s1. The van der Waals surface area contributed by atoms with E-state index in [1.54, 1.807) is 0 Å². The van der Waals surface area contributed by atoms with Crippen molar-refractivity contribution in [2.75, 3.05) is 0 Å². The summed E-state index contributed by atoms with van der Waals surface area (Å²) < 4.78 is 5.33. The van der Waals surface area contributed by atoms with Crippen molar-refractivity contribution in [2.45, 2.75) is 17.6 Å². The molecule has 5 nitrogen and oxygen atoms in total. The SMILES string of the molecule is O=C1O[C@@]2(C(=O)O)[C@@H]3[C@H]4C[C@H]5[C@@H]6[C@@H]4[C@@H]2[C@@H]6[C@@]1(O)[C@H]53. The Morgan fingerprint density at radius 2 is 1.83 bits per heavy atom. The van der Waals surface area contributed by atoms with Gasteiger partial charge in [0.15, 0.2) is 5.60 Å². The van der Waals surface area contributed by atoms with Crippen LogP contribution in [0.2, 0.25) is 0 Å². The van der Waals surface area contributed by atoms with Crippen molar-refractivity contribution in [1.29, 1.82) is 0 Å². The highest BCUT2D eigenvalue weighted by Crippen LogP contribution is 2.89. The zero-order chi connectivity index (χ0) is 12.2. The van der Waals surface area contributed by atoms with Gasteiger partial charge >= 0.3 is 11.9 Å². The van der Waals surface area contributed by atoms with Gasteiger partial charge < -0.3 is 14.9 Å². The largest absolute Gasteiger partial charge is 0.478 e. The van der Waals surface area contributed by atoms with E-state index in [2.05, 4.69) is 0 Å². The topological polar surface area (TPSA) is 83.8 Å². The van der Waals surface area contributed by atoms with Crippen molar-refractivity contribution in [3.63, 3.8) is 0 Å². The van der Waals surface area contributed by atoms with E-state index in [1.165, 1.54) is 0 Å². The number of carbonyl (C=O) groups is 2. The molecule has 0 spiro atoms. The molecule has 5 aliphatic carbocycles. The Bertz CT molecular complexity index is 572. The van der Waals surface area contributed by atoms with Crippen LogP contribution in [0.4, 0.5) is 0 Å². The molecule has 0 amide bonds. The first kappa shape index (κ1) is 8.91. The molecule has 2 heterocycles. The molecular weight excluding hydrogens is 236 g/mol. The summed E-state index contributed by atoms with van der Waals surface area (Å²) in [4.78, 5) is 23.9. The quantitative estimate of drug-likeness (QED) is 0.610. The van der Waals surface area contributed by atoms with Crippen LogP contribution >= 0.6 is 0 Å².